The zero-order chi connectivity index (χ0) is 22.9. The minimum absolute atomic E-state index is 0.0959. The summed E-state index contributed by atoms with van der Waals surface area (Å²) < 4.78 is 31.4. The predicted molar refractivity (Wildman–Crippen MR) is 112 cm³/mol. The predicted octanol–water partition coefficient (Wildman–Crippen LogP) is 1.49. The lowest BCUT2D eigenvalue weighted by atomic mass is 10.1. The molecule has 2 aromatic rings. The molecule has 0 saturated carbocycles. The van der Waals surface area contributed by atoms with E-state index >= 15 is 0 Å². The quantitative estimate of drug-likeness (QED) is 0.352. The molecule has 2 amide bonds. The number of esters is 1. The van der Waals surface area contributed by atoms with Crippen LogP contribution < -0.4 is 0 Å². The van der Waals surface area contributed by atoms with E-state index in [-0.39, 0.29) is 21.6 Å². The van der Waals surface area contributed by atoms with Gasteiger partial charge < -0.3 is 4.74 Å². The van der Waals surface area contributed by atoms with Crippen LogP contribution in [0.5, 0.6) is 0 Å². The Morgan fingerprint density at radius 2 is 1.44 bits per heavy atom. The fourth-order valence-corrected chi connectivity index (χ4v) is 5.19. The van der Waals surface area contributed by atoms with Crippen molar-refractivity contribution in [1.29, 1.82) is 0 Å². The average molecular weight is 456 g/mol. The van der Waals surface area contributed by atoms with E-state index in [0.29, 0.717) is 13.1 Å². The molecule has 0 unspecified atom stereocenters. The molecule has 0 aliphatic carbocycles. The number of amides is 2. The molecular formula is C22H20N2O7S. The number of carbonyl (C=O) groups excluding carboxylic acids is 4. The Kier molecular flexibility index (Phi) is 5.90. The molecular weight excluding hydrogens is 436 g/mol. The van der Waals surface area contributed by atoms with Gasteiger partial charge in [-0.05, 0) is 49.2 Å². The molecule has 2 aliphatic rings. The van der Waals surface area contributed by atoms with E-state index in [1.165, 1.54) is 40.7 Å². The van der Waals surface area contributed by atoms with E-state index in [9.17, 15) is 27.6 Å². The third-order valence-corrected chi connectivity index (χ3v) is 7.32. The highest BCUT2D eigenvalue weighted by Gasteiger charge is 2.36. The highest BCUT2D eigenvalue weighted by Crippen LogP contribution is 2.23. The second-order valence-corrected chi connectivity index (χ2v) is 9.40. The number of rotatable bonds is 7. The van der Waals surface area contributed by atoms with Crippen LogP contribution in [0.1, 0.15) is 43.9 Å². The number of imide groups is 1. The summed E-state index contributed by atoms with van der Waals surface area (Å²) in [7, 11) is -3.59. The van der Waals surface area contributed by atoms with Gasteiger partial charge in [-0.3, -0.25) is 24.1 Å². The molecule has 0 bridgehead atoms. The van der Waals surface area contributed by atoms with Crippen molar-refractivity contribution in [3.05, 3.63) is 65.2 Å². The summed E-state index contributed by atoms with van der Waals surface area (Å²) in [4.78, 5) is 49.9. The summed E-state index contributed by atoms with van der Waals surface area (Å²) in [6.45, 7) is -0.245. The van der Waals surface area contributed by atoms with E-state index in [0.717, 1.165) is 17.7 Å². The van der Waals surface area contributed by atoms with Crippen molar-refractivity contribution in [3.8, 4) is 0 Å². The minimum atomic E-state index is -3.59. The first-order chi connectivity index (χ1) is 15.3. The zero-order valence-corrected chi connectivity index (χ0v) is 17.8. The SMILES string of the molecule is O=C(CN1C(=O)c2ccccc2C1=O)OCC(=O)c1ccc(S(=O)(=O)N2CCCC2)cc1. The third kappa shape index (κ3) is 4.06. The number of ether oxygens (including phenoxy) is 1. The molecule has 9 nitrogen and oxygen atoms in total. The molecule has 0 atom stereocenters. The lowest BCUT2D eigenvalue weighted by Gasteiger charge is -2.15. The summed E-state index contributed by atoms with van der Waals surface area (Å²) in [6, 6.07) is 11.7. The Bertz CT molecular complexity index is 1160. The van der Waals surface area contributed by atoms with Gasteiger partial charge in [0.2, 0.25) is 10.0 Å². The molecule has 1 fully saturated rings. The molecule has 2 heterocycles. The van der Waals surface area contributed by atoms with Crippen LogP contribution in [0.4, 0.5) is 0 Å². The van der Waals surface area contributed by atoms with Gasteiger partial charge in [-0.1, -0.05) is 12.1 Å². The first kappa shape index (κ1) is 21.8. The van der Waals surface area contributed by atoms with Gasteiger partial charge in [-0.25, -0.2) is 8.42 Å². The molecule has 0 aromatic heterocycles. The maximum Gasteiger partial charge on any atom is 0.326 e. The topological polar surface area (TPSA) is 118 Å². The largest absolute Gasteiger partial charge is 0.456 e. The van der Waals surface area contributed by atoms with Gasteiger partial charge in [0.25, 0.3) is 11.8 Å². The van der Waals surface area contributed by atoms with E-state index in [4.69, 9.17) is 4.74 Å². The number of sulfonamides is 1. The van der Waals surface area contributed by atoms with Gasteiger partial charge >= 0.3 is 5.97 Å². The van der Waals surface area contributed by atoms with Gasteiger partial charge in [0.05, 0.1) is 16.0 Å². The van der Waals surface area contributed by atoms with Crippen molar-refractivity contribution >= 4 is 33.6 Å². The van der Waals surface area contributed by atoms with Crippen molar-refractivity contribution in [1.82, 2.24) is 9.21 Å². The fourth-order valence-electron chi connectivity index (χ4n) is 3.68. The van der Waals surface area contributed by atoms with Crippen LogP contribution in [0.25, 0.3) is 0 Å². The Morgan fingerprint density at radius 1 is 0.875 bits per heavy atom. The normalized spacial score (nSPS) is 16.3. The number of Topliss-reactive ketones (excluding diaryl/α,β-unsaturated/α-hetero) is 1. The van der Waals surface area contributed by atoms with Gasteiger partial charge in [0.15, 0.2) is 12.4 Å². The molecule has 0 radical (unpaired) electrons. The van der Waals surface area contributed by atoms with E-state index in [2.05, 4.69) is 0 Å². The minimum Gasteiger partial charge on any atom is -0.456 e. The van der Waals surface area contributed by atoms with Gasteiger partial charge in [-0.15, -0.1) is 0 Å². The smallest absolute Gasteiger partial charge is 0.326 e. The van der Waals surface area contributed by atoms with Crippen LogP contribution in [-0.4, -0.2) is 67.4 Å². The summed E-state index contributed by atoms with van der Waals surface area (Å²) in [5.74, 6) is -2.63. The molecule has 10 heteroatoms. The lowest BCUT2D eigenvalue weighted by Crippen LogP contribution is -2.36. The Labute approximate surface area is 184 Å². The Balaban J connectivity index is 1.33. The number of carbonyl (C=O) groups is 4. The fraction of sp³-hybridized carbons (Fsp3) is 0.273. The van der Waals surface area contributed by atoms with Crippen LogP contribution in [0.15, 0.2) is 53.4 Å². The van der Waals surface area contributed by atoms with Gasteiger partial charge in [-0.2, -0.15) is 4.31 Å². The summed E-state index contributed by atoms with van der Waals surface area (Å²) in [5.41, 5.74) is 0.606. The standard InChI is InChI=1S/C22H20N2O7S/c25-19(15-7-9-16(10-8-15)32(29,30)23-11-3-4-12-23)14-31-20(26)13-24-21(27)17-5-1-2-6-18(17)22(24)28/h1-2,5-10H,3-4,11-14H2. The highest BCUT2D eigenvalue weighted by atomic mass is 32.2. The maximum atomic E-state index is 12.5. The number of ketones is 1. The third-order valence-electron chi connectivity index (χ3n) is 5.41. The first-order valence-electron chi connectivity index (χ1n) is 10.0. The van der Waals surface area contributed by atoms with Crippen LogP contribution in [-0.2, 0) is 19.6 Å². The molecule has 0 N–H and O–H groups in total. The van der Waals surface area contributed by atoms with Crippen LogP contribution in [0, 0.1) is 0 Å². The van der Waals surface area contributed by atoms with Crippen molar-refractivity contribution < 1.29 is 32.3 Å². The van der Waals surface area contributed by atoms with Crippen LogP contribution in [0.2, 0.25) is 0 Å². The van der Waals surface area contributed by atoms with Gasteiger partial charge in [0.1, 0.15) is 6.54 Å². The maximum absolute atomic E-state index is 12.5. The van der Waals surface area contributed by atoms with Crippen LogP contribution >= 0.6 is 0 Å². The molecule has 0 spiro atoms. The molecule has 2 aliphatic heterocycles. The Morgan fingerprint density at radius 3 is 2.00 bits per heavy atom. The average Bonchev–Trinajstić information content (AvgIpc) is 3.43. The second-order valence-electron chi connectivity index (χ2n) is 7.46. The van der Waals surface area contributed by atoms with Crippen molar-refractivity contribution in [2.75, 3.05) is 26.2 Å². The molecule has 166 valence electrons. The monoisotopic (exact) mass is 456 g/mol. The van der Waals surface area contributed by atoms with E-state index < -0.39 is 46.7 Å². The number of benzene rings is 2. The summed E-state index contributed by atoms with van der Waals surface area (Å²) >= 11 is 0. The van der Waals surface area contributed by atoms with Gasteiger partial charge in [0, 0.05) is 18.7 Å². The van der Waals surface area contributed by atoms with Crippen molar-refractivity contribution in [2.45, 2.75) is 17.7 Å². The number of fused-ring (bicyclic) bond motifs is 1. The molecule has 1 saturated heterocycles. The summed E-state index contributed by atoms with van der Waals surface area (Å²) in [5, 5.41) is 0. The van der Waals surface area contributed by atoms with E-state index in [1.54, 1.807) is 12.1 Å². The molecule has 2 aromatic carbocycles. The van der Waals surface area contributed by atoms with E-state index in [1.807, 2.05) is 0 Å². The van der Waals surface area contributed by atoms with Crippen LogP contribution in [0.3, 0.4) is 0 Å². The zero-order valence-electron chi connectivity index (χ0n) is 17.0. The molecule has 4 rings (SSSR count). The second kappa shape index (κ2) is 8.64. The molecule has 32 heavy (non-hydrogen) atoms. The first-order valence-corrected chi connectivity index (χ1v) is 11.5. The lowest BCUT2D eigenvalue weighted by molar-refractivity contribution is -0.142. The van der Waals surface area contributed by atoms with Crippen molar-refractivity contribution in [3.63, 3.8) is 0 Å². The number of hydrogen-bond donors (Lipinski definition) is 0. The van der Waals surface area contributed by atoms with Crippen molar-refractivity contribution in [2.24, 2.45) is 0 Å². The summed E-state index contributed by atoms with van der Waals surface area (Å²) in [6.07, 6.45) is 1.64. The highest BCUT2D eigenvalue weighted by molar-refractivity contribution is 7.89. The number of nitrogens with zero attached hydrogens (tertiary/aromatic N) is 2. The number of hydrogen-bond acceptors (Lipinski definition) is 7. The Hall–Kier alpha value is -3.37.